The molecule has 0 fully saturated rings. The molecular weight excluding hydrogens is 211 g/mol. The average molecular weight is 230 g/mol. The van der Waals surface area contributed by atoms with Gasteiger partial charge in [0.05, 0.1) is 0 Å². The summed E-state index contributed by atoms with van der Waals surface area (Å²) >= 11 is 0. The van der Waals surface area contributed by atoms with Crippen molar-refractivity contribution in [1.82, 2.24) is 0 Å². The lowest BCUT2D eigenvalue weighted by molar-refractivity contribution is 0.627. The maximum Gasteiger partial charge on any atom is 0.123 e. The summed E-state index contributed by atoms with van der Waals surface area (Å²) in [5, 5.41) is 0. The van der Waals surface area contributed by atoms with Gasteiger partial charge in [0.25, 0.3) is 0 Å². The Hall–Kier alpha value is -1.63. The van der Waals surface area contributed by atoms with E-state index in [4.69, 9.17) is 0 Å². The Morgan fingerprint density at radius 3 is 2.47 bits per heavy atom. The summed E-state index contributed by atoms with van der Waals surface area (Å²) in [6, 6.07) is 4.85. The van der Waals surface area contributed by atoms with Gasteiger partial charge in [0, 0.05) is 0 Å². The van der Waals surface area contributed by atoms with Crippen molar-refractivity contribution in [2.24, 2.45) is 0 Å². The standard InChI is InChI=1S/C16H19F/c1-6-12(4)9-15(11(2)3)16-10-14(17)8-7-13(16)5/h6-10H,2H2,1,3-5H3/b12-6-,15-9+. The van der Waals surface area contributed by atoms with Crippen molar-refractivity contribution in [3.8, 4) is 0 Å². The van der Waals surface area contributed by atoms with E-state index in [0.29, 0.717) is 0 Å². The number of halogens is 1. The lowest BCUT2D eigenvalue weighted by atomic mass is 9.94. The van der Waals surface area contributed by atoms with Crippen LogP contribution in [0.15, 0.2) is 48.1 Å². The molecule has 17 heavy (non-hydrogen) atoms. The lowest BCUT2D eigenvalue weighted by Crippen LogP contribution is -1.92. The fourth-order valence-corrected chi connectivity index (χ4v) is 1.63. The Morgan fingerprint density at radius 1 is 1.29 bits per heavy atom. The molecular formula is C16H19F. The van der Waals surface area contributed by atoms with Crippen molar-refractivity contribution >= 4 is 5.57 Å². The van der Waals surface area contributed by atoms with E-state index >= 15 is 0 Å². The minimum atomic E-state index is -0.212. The average Bonchev–Trinajstić information content (AvgIpc) is 2.28. The van der Waals surface area contributed by atoms with Gasteiger partial charge in [-0.1, -0.05) is 35.9 Å². The number of benzene rings is 1. The maximum atomic E-state index is 13.3. The first-order valence-electron chi connectivity index (χ1n) is 5.72. The van der Waals surface area contributed by atoms with Crippen LogP contribution in [0.5, 0.6) is 0 Å². The molecule has 0 aliphatic rings. The number of hydrogen-bond acceptors (Lipinski definition) is 0. The maximum absolute atomic E-state index is 13.3. The van der Waals surface area contributed by atoms with Gasteiger partial charge in [-0.2, -0.15) is 0 Å². The molecule has 0 unspecified atom stereocenters. The van der Waals surface area contributed by atoms with Crippen LogP contribution in [0.3, 0.4) is 0 Å². The molecule has 0 aliphatic heterocycles. The van der Waals surface area contributed by atoms with E-state index in [1.54, 1.807) is 12.1 Å². The zero-order valence-electron chi connectivity index (χ0n) is 11.0. The summed E-state index contributed by atoms with van der Waals surface area (Å²) in [7, 11) is 0. The molecule has 1 aromatic carbocycles. The summed E-state index contributed by atoms with van der Waals surface area (Å²) in [6.45, 7) is 11.9. The molecule has 0 aromatic heterocycles. The van der Waals surface area contributed by atoms with Gasteiger partial charge in [0.2, 0.25) is 0 Å². The Bertz CT molecular complexity index is 490. The highest BCUT2D eigenvalue weighted by Gasteiger charge is 2.07. The first-order valence-corrected chi connectivity index (χ1v) is 5.72. The van der Waals surface area contributed by atoms with Gasteiger partial charge < -0.3 is 0 Å². The van der Waals surface area contributed by atoms with E-state index in [9.17, 15) is 4.39 Å². The molecule has 1 heteroatoms. The zero-order valence-corrected chi connectivity index (χ0v) is 11.0. The highest BCUT2D eigenvalue weighted by molar-refractivity contribution is 5.81. The Morgan fingerprint density at radius 2 is 1.94 bits per heavy atom. The Balaban J connectivity index is 3.38. The van der Waals surface area contributed by atoms with E-state index in [1.165, 1.54) is 6.07 Å². The summed E-state index contributed by atoms with van der Waals surface area (Å²) in [5.41, 5.74) is 5.06. The van der Waals surface area contributed by atoms with Crippen LogP contribution >= 0.6 is 0 Å². The molecule has 0 heterocycles. The molecule has 0 bridgehead atoms. The molecule has 0 atom stereocenters. The van der Waals surface area contributed by atoms with Crippen LogP contribution in [-0.4, -0.2) is 0 Å². The second-order valence-electron chi connectivity index (χ2n) is 4.33. The summed E-state index contributed by atoms with van der Waals surface area (Å²) in [5.74, 6) is -0.212. The van der Waals surface area contributed by atoms with Crippen LogP contribution < -0.4 is 0 Å². The fraction of sp³-hybridized carbons (Fsp3) is 0.250. The molecule has 90 valence electrons. The van der Waals surface area contributed by atoms with Gasteiger partial charge in [0.1, 0.15) is 5.82 Å². The van der Waals surface area contributed by atoms with Crippen LogP contribution in [0, 0.1) is 12.7 Å². The molecule has 0 saturated heterocycles. The van der Waals surface area contributed by atoms with E-state index in [0.717, 1.165) is 27.8 Å². The minimum absolute atomic E-state index is 0.212. The smallest absolute Gasteiger partial charge is 0.123 e. The van der Waals surface area contributed by atoms with Crippen LogP contribution in [0.1, 0.15) is 31.9 Å². The van der Waals surface area contributed by atoms with Crippen molar-refractivity contribution < 1.29 is 4.39 Å². The Labute approximate surface area is 103 Å². The number of rotatable bonds is 3. The SMILES string of the molecule is C=C(C)/C(=C\C(C)=C/C)c1cc(F)ccc1C. The van der Waals surface area contributed by atoms with Gasteiger partial charge in [-0.25, -0.2) is 4.39 Å². The third-order valence-corrected chi connectivity index (χ3v) is 2.78. The van der Waals surface area contributed by atoms with Crippen LogP contribution in [0.25, 0.3) is 5.57 Å². The van der Waals surface area contributed by atoms with Gasteiger partial charge in [-0.3, -0.25) is 0 Å². The molecule has 0 nitrogen and oxygen atoms in total. The third-order valence-electron chi connectivity index (χ3n) is 2.78. The predicted molar refractivity (Wildman–Crippen MR) is 73.4 cm³/mol. The van der Waals surface area contributed by atoms with Gasteiger partial charge >= 0.3 is 0 Å². The zero-order chi connectivity index (χ0) is 13.0. The number of hydrogen-bond donors (Lipinski definition) is 0. The van der Waals surface area contributed by atoms with Crippen molar-refractivity contribution in [2.75, 3.05) is 0 Å². The van der Waals surface area contributed by atoms with Crippen LogP contribution in [0.4, 0.5) is 4.39 Å². The van der Waals surface area contributed by atoms with Gasteiger partial charge in [-0.15, -0.1) is 0 Å². The largest absolute Gasteiger partial charge is 0.207 e. The molecule has 0 radical (unpaired) electrons. The molecule has 0 aliphatic carbocycles. The molecule has 1 aromatic rings. The van der Waals surface area contributed by atoms with Crippen molar-refractivity contribution in [1.29, 1.82) is 0 Å². The summed E-state index contributed by atoms with van der Waals surface area (Å²) < 4.78 is 13.3. The normalized spacial score (nSPS) is 12.8. The van der Waals surface area contributed by atoms with Gasteiger partial charge in [0.15, 0.2) is 0 Å². The van der Waals surface area contributed by atoms with E-state index in [-0.39, 0.29) is 5.82 Å². The third kappa shape index (κ3) is 3.42. The van der Waals surface area contributed by atoms with E-state index < -0.39 is 0 Å². The molecule has 0 amide bonds. The van der Waals surface area contributed by atoms with Crippen molar-refractivity contribution in [3.63, 3.8) is 0 Å². The number of aryl methyl sites for hydroxylation is 1. The summed E-state index contributed by atoms with van der Waals surface area (Å²) in [6.07, 6.45) is 4.07. The van der Waals surface area contributed by atoms with Crippen LogP contribution in [-0.2, 0) is 0 Å². The number of allylic oxidation sites excluding steroid dienone is 5. The van der Waals surface area contributed by atoms with E-state index in [2.05, 4.69) is 6.58 Å². The molecule has 0 N–H and O–H groups in total. The summed E-state index contributed by atoms with van der Waals surface area (Å²) in [4.78, 5) is 0. The molecule has 0 saturated carbocycles. The first-order chi connectivity index (χ1) is 7.95. The van der Waals surface area contributed by atoms with Crippen molar-refractivity contribution in [2.45, 2.75) is 27.7 Å². The van der Waals surface area contributed by atoms with Gasteiger partial charge in [-0.05, 0) is 56.5 Å². The topological polar surface area (TPSA) is 0 Å². The minimum Gasteiger partial charge on any atom is -0.207 e. The second kappa shape index (κ2) is 5.62. The Kier molecular flexibility index (Phi) is 4.45. The lowest BCUT2D eigenvalue weighted by Gasteiger charge is -2.11. The highest BCUT2D eigenvalue weighted by atomic mass is 19.1. The fourth-order valence-electron chi connectivity index (χ4n) is 1.63. The molecule has 1 rings (SSSR count). The van der Waals surface area contributed by atoms with Crippen molar-refractivity contribution in [3.05, 3.63) is 65.0 Å². The monoisotopic (exact) mass is 230 g/mol. The van der Waals surface area contributed by atoms with Crippen LogP contribution in [0.2, 0.25) is 0 Å². The van der Waals surface area contributed by atoms with E-state index in [1.807, 2.05) is 39.8 Å². The predicted octanol–water partition coefficient (Wildman–Crippen LogP) is 5.06. The first kappa shape index (κ1) is 13.4. The highest BCUT2D eigenvalue weighted by Crippen LogP contribution is 2.26. The molecule has 0 spiro atoms. The second-order valence-corrected chi connectivity index (χ2v) is 4.33. The quantitative estimate of drug-likeness (QED) is 0.637.